The van der Waals surface area contributed by atoms with Gasteiger partial charge in [0.1, 0.15) is 11.5 Å². The highest BCUT2D eigenvalue weighted by molar-refractivity contribution is 5.86. The van der Waals surface area contributed by atoms with Crippen LogP contribution >= 0.6 is 0 Å². The maximum absolute atomic E-state index is 5.59. The van der Waals surface area contributed by atoms with Crippen LogP contribution in [0.25, 0.3) is 27.8 Å². The van der Waals surface area contributed by atoms with E-state index in [1.165, 1.54) is 5.56 Å². The lowest BCUT2D eigenvalue weighted by molar-refractivity contribution is 0.240. The van der Waals surface area contributed by atoms with E-state index in [9.17, 15) is 0 Å². The molecule has 0 bridgehead atoms. The zero-order chi connectivity index (χ0) is 21.7. The standard InChI is InChI=1S/C27H28O3/c1-18(2)30-24-13-9-21(10-14-24)25-16-26(20(4)17-28-5)27(15-19(25)3)22-7-11-23(29-6)12-8-22/h7-16H,1,4,17H2,2-3,5-6H3. The van der Waals surface area contributed by atoms with E-state index in [2.05, 4.69) is 56.5 Å². The summed E-state index contributed by atoms with van der Waals surface area (Å²) in [6.45, 7) is 12.5. The summed E-state index contributed by atoms with van der Waals surface area (Å²) in [4.78, 5) is 0. The average Bonchev–Trinajstić information content (AvgIpc) is 2.74. The molecule has 0 saturated heterocycles. The number of methoxy groups -OCH3 is 2. The van der Waals surface area contributed by atoms with E-state index in [4.69, 9.17) is 14.2 Å². The van der Waals surface area contributed by atoms with Crippen LogP contribution < -0.4 is 9.47 Å². The molecule has 154 valence electrons. The summed E-state index contributed by atoms with van der Waals surface area (Å²) in [7, 11) is 3.36. The third-order valence-electron chi connectivity index (χ3n) is 4.92. The Balaban J connectivity index is 2.08. The van der Waals surface area contributed by atoms with Crippen LogP contribution in [0.2, 0.25) is 0 Å². The van der Waals surface area contributed by atoms with Crippen molar-refractivity contribution in [2.45, 2.75) is 13.8 Å². The zero-order valence-electron chi connectivity index (χ0n) is 18.1. The van der Waals surface area contributed by atoms with Gasteiger partial charge >= 0.3 is 0 Å². The number of rotatable bonds is 8. The molecular formula is C27H28O3. The van der Waals surface area contributed by atoms with Crippen LogP contribution in [0.3, 0.4) is 0 Å². The van der Waals surface area contributed by atoms with Crippen LogP contribution in [0.15, 0.2) is 79.6 Å². The van der Waals surface area contributed by atoms with Crippen LogP contribution in [0.4, 0.5) is 0 Å². The van der Waals surface area contributed by atoms with Crippen molar-refractivity contribution in [1.29, 1.82) is 0 Å². The number of hydrogen-bond acceptors (Lipinski definition) is 3. The predicted molar refractivity (Wildman–Crippen MR) is 125 cm³/mol. The third kappa shape index (κ3) is 4.81. The highest BCUT2D eigenvalue weighted by Gasteiger charge is 2.14. The monoisotopic (exact) mass is 400 g/mol. The van der Waals surface area contributed by atoms with E-state index >= 15 is 0 Å². The summed E-state index contributed by atoms with van der Waals surface area (Å²) in [5.74, 6) is 2.28. The highest BCUT2D eigenvalue weighted by Crippen LogP contribution is 2.36. The molecular weight excluding hydrogens is 372 g/mol. The molecule has 0 atom stereocenters. The molecule has 0 aliphatic carbocycles. The molecule has 3 aromatic rings. The minimum Gasteiger partial charge on any atom is -0.497 e. The molecule has 0 saturated carbocycles. The quantitative estimate of drug-likeness (QED) is 0.385. The van der Waals surface area contributed by atoms with Gasteiger partial charge in [0.2, 0.25) is 0 Å². The Hall–Kier alpha value is -3.30. The van der Waals surface area contributed by atoms with Gasteiger partial charge in [-0.25, -0.2) is 0 Å². The number of aryl methyl sites for hydroxylation is 1. The number of benzene rings is 3. The van der Waals surface area contributed by atoms with Crippen molar-refractivity contribution < 1.29 is 14.2 Å². The molecule has 0 amide bonds. The van der Waals surface area contributed by atoms with Gasteiger partial charge in [-0.3, -0.25) is 0 Å². The summed E-state index contributed by atoms with van der Waals surface area (Å²) in [6, 6.07) is 20.6. The molecule has 0 fully saturated rings. The molecule has 0 radical (unpaired) electrons. The summed E-state index contributed by atoms with van der Waals surface area (Å²) >= 11 is 0. The Kier molecular flexibility index (Phi) is 6.76. The minimum atomic E-state index is 0.469. The van der Waals surface area contributed by atoms with Crippen molar-refractivity contribution in [1.82, 2.24) is 0 Å². The second kappa shape index (κ2) is 9.47. The first-order valence-electron chi connectivity index (χ1n) is 9.83. The Morgan fingerprint density at radius 3 is 1.90 bits per heavy atom. The molecule has 3 rings (SSSR count). The van der Waals surface area contributed by atoms with E-state index in [0.717, 1.165) is 44.9 Å². The molecule has 0 heterocycles. The molecule has 0 aliphatic rings. The lowest BCUT2D eigenvalue weighted by Gasteiger charge is -2.17. The predicted octanol–water partition coefficient (Wildman–Crippen LogP) is 6.91. The topological polar surface area (TPSA) is 27.7 Å². The minimum absolute atomic E-state index is 0.469. The molecule has 0 spiro atoms. The fourth-order valence-electron chi connectivity index (χ4n) is 3.48. The highest BCUT2D eigenvalue weighted by atomic mass is 16.5. The van der Waals surface area contributed by atoms with Crippen LogP contribution in [0.1, 0.15) is 18.1 Å². The molecule has 0 unspecified atom stereocenters. The number of ether oxygens (including phenoxy) is 3. The fourth-order valence-corrected chi connectivity index (χ4v) is 3.48. The van der Waals surface area contributed by atoms with E-state index in [1.807, 2.05) is 31.2 Å². The summed E-state index contributed by atoms with van der Waals surface area (Å²) < 4.78 is 16.3. The van der Waals surface area contributed by atoms with Crippen LogP contribution in [-0.2, 0) is 4.74 Å². The van der Waals surface area contributed by atoms with Gasteiger partial charge in [-0.2, -0.15) is 0 Å². The van der Waals surface area contributed by atoms with Crippen molar-refractivity contribution in [3.05, 3.63) is 90.7 Å². The first kappa shape index (κ1) is 21.4. The summed E-state index contributed by atoms with van der Waals surface area (Å²) in [6.07, 6.45) is 0. The van der Waals surface area contributed by atoms with Crippen molar-refractivity contribution in [2.75, 3.05) is 20.8 Å². The maximum Gasteiger partial charge on any atom is 0.126 e. The molecule has 0 aromatic heterocycles. The van der Waals surface area contributed by atoms with Gasteiger partial charge in [0, 0.05) is 7.11 Å². The van der Waals surface area contributed by atoms with Gasteiger partial charge < -0.3 is 14.2 Å². The lowest BCUT2D eigenvalue weighted by atomic mass is 9.88. The second-order valence-corrected chi connectivity index (χ2v) is 7.31. The fraction of sp³-hybridized carbons (Fsp3) is 0.185. The first-order chi connectivity index (χ1) is 14.4. The Morgan fingerprint density at radius 2 is 1.37 bits per heavy atom. The lowest BCUT2D eigenvalue weighted by Crippen LogP contribution is -1.98. The van der Waals surface area contributed by atoms with Crippen LogP contribution in [0.5, 0.6) is 11.5 Å². The summed E-state index contributed by atoms with van der Waals surface area (Å²) in [5.41, 5.74) is 7.71. The van der Waals surface area contributed by atoms with Gasteiger partial charge in [0.25, 0.3) is 0 Å². The van der Waals surface area contributed by atoms with E-state index in [-0.39, 0.29) is 0 Å². The molecule has 30 heavy (non-hydrogen) atoms. The van der Waals surface area contributed by atoms with Gasteiger partial charge in [-0.15, -0.1) is 0 Å². The van der Waals surface area contributed by atoms with Crippen LogP contribution in [-0.4, -0.2) is 20.8 Å². The maximum atomic E-state index is 5.59. The van der Waals surface area contributed by atoms with Gasteiger partial charge in [0.05, 0.1) is 19.5 Å². The van der Waals surface area contributed by atoms with E-state index < -0.39 is 0 Å². The SMILES string of the molecule is C=C(C)Oc1ccc(-c2cc(C(=C)COC)c(-c3ccc(OC)cc3)cc2C)cc1. The largest absolute Gasteiger partial charge is 0.497 e. The normalized spacial score (nSPS) is 10.5. The van der Waals surface area contributed by atoms with Crippen molar-refractivity contribution in [3.8, 4) is 33.8 Å². The molecule has 0 aliphatic heterocycles. The molecule has 3 aromatic carbocycles. The van der Waals surface area contributed by atoms with Crippen LogP contribution in [0, 0.1) is 6.92 Å². The van der Waals surface area contributed by atoms with Crippen molar-refractivity contribution in [2.24, 2.45) is 0 Å². The Labute approximate surface area is 179 Å². The average molecular weight is 401 g/mol. The first-order valence-corrected chi connectivity index (χ1v) is 9.83. The second-order valence-electron chi connectivity index (χ2n) is 7.31. The zero-order valence-corrected chi connectivity index (χ0v) is 18.1. The Morgan fingerprint density at radius 1 is 0.800 bits per heavy atom. The van der Waals surface area contributed by atoms with Crippen molar-refractivity contribution >= 4 is 5.57 Å². The molecule has 0 N–H and O–H groups in total. The van der Waals surface area contributed by atoms with E-state index in [0.29, 0.717) is 12.4 Å². The smallest absolute Gasteiger partial charge is 0.126 e. The summed E-state index contributed by atoms with van der Waals surface area (Å²) in [5, 5.41) is 0. The van der Waals surface area contributed by atoms with Crippen molar-refractivity contribution in [3.63, 3.8) is 0 Å². The van der Waals surface area contributed by atoms with Gasteiger partial charge in [-0.1, -0.05) is 43.5 Å². The van der Waals surface area contributed by atoms with E-state index in [1.54, 1.807) is 14.2 Å². The molecule has 3 heteroatoms. The number of hydrogen-bond donors (Lipinski definition) is 0. The van der Waals surface area contributed by atoms with Gasteiger partial charge in [0.15, 0.2) is 0 Å². The third-order valence-corrected chi connectivity index (χ3v) is 4.92. The van der Waals surface area contributed by atoms with Gasteiger partial charge in [-0.05, 0) is 83.1 Å². The number of allylic oxidation sites excluding steroid dienone is 1. The Bertz CT molecular complexity index is 1040. The molecule has 3 nitrogen and oxygen atoms in total.